The summed E-state index contributed by atoms with van der Waals surface area (Å²) in [7, 11) is 0. The van der Waals surface area contributed by atoms with Crippen LogP contribution in [-0.2, 0) is 9.53 Å². The number of amides is 2. The Morgan fingerprint density at radius 2 is 1.87 bits per heavy atom. The van der Waals surface area contributed by atoms with Gasteiger partial charge in [-0.3, -0.25) is 9.59 Å². The Balaban J connectivity index is 1.48. The molecular formula is C24H30N2O3S. The highest BCUT2D eigenvalue weighted by Crippen LogP contribution is 2.45. The molecule has 0 unspecified atom stereocenters. The number of ether oxygens (including phenoxy) is 1. The van der Waals surface area contributed by atoms with Gasteiger partial charge in [0.15, 0.2) is 0 Å². The Kier molecular flexibility index (Phi) is 5.31. The van der Waals surface area contributed by atoms with Gasteiger partial charge in [0.1, 0.15) is 6.10 Å². The molecule has 3 fully saturated rings. The summed E-state index contributed by atoms with van der Waals surface area (Å²) in [5.41, 5.74) is 1.33. The van der Waals surface area contributed by atoms with Crippen molar-refractivity contribution >= 4 is 33.2 Å². The van der Waals surface area contributed by atoms with Gasteiger partial charge >= 0.3 is 0 Å². The SMILES string of the molecule is CC(=O)N1CCO[C@@H](c2c(C(=O)N3CCC4(CCCCC4)C3)sc3ccccc23)C1. The average molecular weight is 427 g/mol. The minimum absolute atomic E-state index is 0.0643. The molecule has 2 amide bonds. The molecule has 1 aliphatic carbocycles. The van der Waals surface area contributed by atoms with E-state index in [1.165, 1.54) is 32.1 Å². The lowest BCUT2D eigenvalue weighted by atomic mass is 9.73. The van der Waals surface area contributed by atoms with Crippen LogP contribution in [-0.4, -0.2) is 54.4 Å². The molecule has 2 aromatic rings. The predicted octanol–water partition coefficient (Wildman–Crippen LogP) is 4.62. The Labute approximate surface area is 182 Å². The fraction of sp³-hybridized carbons (Fsp3) is 0.583. The molecule has 5 rings (SSSR count). The molecule has 5 nitrogen and oxygen atoms in total. The van der Waals surface area contributed by atoms with Gasteiger partial charge in [0, 0.05) is 36.8 Å². The van der Waals surface area contributed by atoms with Crippen molar-refractivity contribution in [3.63, 3.8) is 0 Å². The average Bonchev–Trinajstić information content (AvgIpc) is 3.36. The third-order valence-electron chi connectivity index (χ3n) is 7.30. The van der Waals surface area contributed by atoms with Crippen molar-refractivity contribution in [3.8, 4) is 0 Å². The van der Waals surface area contributed by atoms with Crippen molar-refractivity contribution in [2.75, 3.05) is 32.8 Å². The standard InChI is InChI=1S/C24H30N2O3S/c1-17(27)25-13-14-29-19(15-25)21-18-7-3-4-8-20(18)30-22(21)23(28)26-12-11-24(16-26)9-5-2-6-10-24/h3-4,7-8,19H,2,5-6,9-16H2,1H3/t19-/m1/s1. The predicted molar refractivity (Wildman–Crippen MR) is 119 cm³/mol. The molecule has 0 N–H and O–H groups in total. The summed E-state index contributed by atoms with van der Waals surface area (Å²) < 4.78 is 7.23. The molecule has 1 atom stereocenters. The third-order valence-corrected chi connectivity index (χ3v) is 8.48. The van der Waals surface area contributed by atoms with Crippen LogP contribution >= 0.6 is 11.3 Å². The molecule has 0 bridgehead atoms. The number of morpholine rings is 1. The zero-order chi connectivity index (χ0) is 20.7. The van der Waals surface area contributed by atoms with E-state index in [1.54, 1.807) is 18.3 Å². The van der Waals surface area contributed by atoms with Gasteiger partial charge in [-0.25, -0.2) is 0 Å². The molecule has 6 heteroatoms. The molecule has 2 saturated heterocycles. The van der Waals surface area contributed by atoms with E-state index >= 15 is 0 Å². The van der Waals surface area contributed by atoms with E-state index in [4.69, 9.17) is 4.74 Å². The minimum atomic E-state index is -0.246. The molecule has 1 aromatic heterocycles. The Hall–Kier alpha value is -1.92. The lowest BCUT2D eigenvalue weighted by molar-refractivity contribution is -0.136. The van der Waals surface area contributed by atoms with Crippen LogP contribution in [0.5, 0.6) is 0 Å². The maximum Gasteiger partial charge on any atom is 0.264 e. The summed E-state index contributed by atoms with van der Waals surface area (Å²) >= 11 is 1.58. The van der Waals surface area contributed by atoms with E-state index in [-0.39, 0.29) is 17.9 Å². The summed E-state index contributed by atoms with van der Waals surface area (Å²) in [6.07, 6.45) is 7.34. The molecule has 1 aromatic carbocycles. The highest BCUT2D eigenvalue weighted by Gasteiger charge is 2.42. The van der Waals surface area contributed by atoms with E-state index < -0.39 is 0 Å². The van der Waals surface area contributed by atoms with Crippen LogP contribution in [0.3, 0.4) is 0 Å². The second kappa shape index (κ2) is 7.97. The number of thiophene rings is 1. The van der Waals surface area contributed by atoms with Gasteiger partial charge in [-0.1, -0.05) is 37.5 Å². The van der Waals surface area contributed by atoms with Gasteiger partial charge in [-0.05, 0) is 36.1 Å². The van der Waals surface area contributed by atoms with Crippen LogP contribution in [0, 0.1) is 5.41 Å². The van der Waals surface area contributed by atoms with Crippen molar-refractivity contribution in [1.29, 1.82) is 0 Å². The third kappa shape index (κ3) is 3.54. The molecular weight excluding hydrogens is 396 g/mol. The van der Waals surface area contributed by atoms with Gasteiger partial charge in [-0.15, -0.1) is 11.3 Å². The van der Waals surface area contributed by atoms with Crippen molar-refractivity contribution in [2.45, 2.75) is 51.6 Å². The van der Waals surface area contributed by atoms with Gasteiger partial charge in [0.25, 0.3) is 5.91 Å². The van der Waals surface area contributed by atoms with Crippen molar-refractivity contribution < 1.29 is 14.3 Å². The number of carbonyl (C=O) groups excluding carboxylic acids is 2. The Bertz CT molecular complexity index is 963. The van der Waals surface area contributed by atoms with Crippen LogP contribution in [0.2, 0.25) is 0 Å². The summed E-state index contributed by atoms with van der Waals surface area (Å²) in [6, 6.07) is 8.21. The molecule has 30 heavy (non-hydrogen) atoms. The van der Waals surface area contributed by atoms with E-state index in [9.17, 15) is 9.59 Å². The van der Waals surface area contributed by atoms with Crippen molar-refractivity contribution in [2.24, 2.45) is 5.41 Å². The fourth-order valence-electron chi connectivity index (χ4n) is 5.62. The quantitative estimate of drug-likeness (QED) is 0.704. The number of nitrogens with zero attached hydrogens (tertiary/aromatic N) is 2. The lowest BCUT2D eigenvalue weighted by Gasteiger charge is -2.34. The van der Waals surface area contributed by atoms with Gasteiger partial charge in [0.2, 0.25) is 5.91 Å². The van der Waals surface area contributed by atoms with E-state index in [2.05, 4.69) is 17.0 Å². The van der Waals surface area contributed by atoms with Crippen LogP contribution in [0.25, 0.3) is 10.1 Å². The second-order valence-electron chi connectivity index (χ2n) is 9.20. The summed E-state index contributed by atoms with van der Waals surface area (Å²) in [6.45, 7) is 5.00. The number of fused-ring (bicyclic) bond motifs is 1. The summed E-state index contributed by atoms with van der Waals surface area (Å²) in [5, 5.41) is 1.09. The first-order valence-corrected chi connectivity index (χ1v) is 12.1. The second-order valence-corrected chi connectivity index (χ2v) is 10.3. The summed E-state index contributed by atoms with van der Waals surface area (Å²) in [4.78, 5) is 30.4. The van der Waals surface area contributed by atoms with E-state index in [0.29, 0.717) is 25.1 Å². The molecule has 160 valence electrons. The number of rotatable bonds is 2. The molecule has 3 heterocycles. The van der Waals surface area contributed by atoms with Gasteiger partial charge in [0.05, 0.1) is 18.0 Å². The largest absolute Gasteiger partial charge is 0.370 e. The Morgan fingerprint density at radius 1 is 1.07 bits per heavy atom. The number of hydrogen-bond acceptors (Lipinski definition) is 4. The maximum atomic E-state index is 13.7. The monoisotopic (exact) mass is 426 g/mol. The molecule has 3 aliphatic rings. The normalized spacial score (nSPS) is 24.0. The number of carbonyl (C=O) groups is 2. The zero-order valence-corrected chi connectivity index (χ0v) is 18.5. The molecule has 1 saturated carbocycles. The smallest absolute Gasteiger partial charge is 0.264 e. The molecule has 0 radical (unpaired) electrons. The van der Waals surface area contributed by atoms with Crippen LogP contribution in [0.1, 0.15) is 66.8 Å². The fourth-order valence-corrected chi connectivity index (χ4v) is 6.84. The lowest BCUT2D eigenvalue weighted by Crippen LogP contribution is -2.41. The van der Waals surface area contributed by atoms with Crippen molar-refractivity contribution in [1.82, 2.24) is 9.80 Å². The first-order chi connectivity index (χ1) is 14.6. The highest BCUT2D eigenvalue weighted by atomic mass is 32.1. The topological polar surface area (TPSA) is 49.9 Å². The number of benzene rings is 1. The number of likely N-dealkylation sites (tertiary alicyclic amines) is 1. The highest BCUT2D eigenvalue weighted by molar-refractivity contribution is 7.21. The van der Waals surface area contributed by atoms with Gasteiger partial charge < -0.3 is 14.5 Å². The first kappa shape index (κ1) is 20.0. The molecule has 2 aliphatic heterocycles. The Morgan fingerprint density at radius 3 is 2.67 bits per heavy atom. The van der Waals surface area contributed by atoms with E-state index in [1.807, 2.05) is 17.0 Å². The van der Waals surface area contributed by atoms with Crippen LogP contribution in [0.15, 0.2) is 24.3 Å². The van der Waals surface area contributed by atoms with Crippen LogP contribution < -0.4 is 0 Å². The van der Waals surface area contributed by atoms with Gasteiger partial charge in [-0.2, -0.15) is 0 Å². The number of hydrogen-bond donors (Lipinski definition) is 0. The van der Waals surface area contributed by atoms with Crippen LogP contribution in [0.4, 0.5) is 0 Å². The van der Waals surface area contributed by atoms with E-state index in [0.717, 1.165) is 40.0 Å². The molecule has 1 spiro atoms. The first-order valence-electron chi connectivity index (χ1n) is 11.2. The van der Waals surface area contributed by atoms with Crippen molar-refractivity contribution in [3.05, 3.63) is 34.7 Å². The minimum Gasteiger partial charge on any atom is -0.370 e. The maximum absolute atomic E-state index is 13.7. The zero-order valence-electron chi connectivity index (χ0n) is 17.7. The summed E-state index contributed by atoms with van der Waals surface area (Å²) in [5.74, 6) is 0.215.